The number of nitrogens with zero attached hydrogens (tertiary/aromatic N) is 3. The molecule has 1 N–H and O–H groups in total. The van der Waals surface area contributed by atoms with Crippen molar-refractivity contribution in [3.8, 4) is 6.07 Å². The van der Waals surface area contributed by atoms with Gasteiger partial charge in [0.15, 0.2) is 0 Å². The Balaban J connectivity index is 1.88. The van der Waals surface area contributed by atoms with Gasteiger partial charge in [0.25, 0.3) is 0 Å². The summed E-state index contributed by atoms with van der Waals surface area (Å²) < 4.78 is 0. The van der Waals surface area contributed by atoms with Gasteiger partial charge < -0.3 is 9.80 Å². The van der Waals surface area contributed by atoms with Crippen LogP contribution >= 0.6 is 0 Å². The summed E-state index contributed by atoms with van der Waals surface area (Å²) in [5.74, 6) is 0. The van der Waals surface area contributed by atoms with E-state index in [4.69, 9.17) is 0 Å². The summed E-state index contributed by atoms with van der Waals surface area (Å²) >= 11 is 0. The second-order valence-corrected chi connectivity index (χ2v) is 6.11. The molecule has 108 valence electrons. The van der Waals surface area contributed by atoms with Crippen molar-refractivity contribution in [1.82, 2.24) is 15.1 Å². The van der Waals surface area contributed by atoms with E-state index in [0.717, 1.165) is 39.0 Å². The number of nitrogens with one attached hydrogen (secondary N) is 1. The molecule has 2 fully saturated rings. The molecule has 0 aliphatic carbocycles. The maximum absolute atomic E-state index is 9.63. The molecule has 2 aliphatic heterocycles. The van der Waals surface area contributed by atoms with Crippen molar-refractivity contribution >= 4 is 0 Å². The van der Waals surface area contributed by atoms with E-state index in [1.807, 2.05) is 0 Å². The van der Waals surface area contributed by atoms with Crippen LogP contribution in [0.3, 0.4) is 0 Å². The summed E-state index contributed by atoms with van der Waals surface area (Å²) in [5.41, 5.74) is -0.272. The smallest absolute Gasteiger partial charge is 0.109 e. The van der Waals surface area contributed by atoms with Gasteiger partial charge in [0.05, 0.1) is 6.07 Å². The number of likely N-dealkylation sites (N-methyl/N-ethyl adjacent to an activating group) is 1. The van der Waals surface area contributed by atoms with Crippen molar-refractivity contribution in [2.24, 2.45) is 0 Å². The Morgan fingerprint density at radius 3 is 2.32 bits per heavy atom. The van der Waals surface area contributed by atoms with Gasteiger partial charge in [-0.25, -0.2) is 0 Å². The van der Waals surface area contributed by atoms with Gasteiger partial charge in [-0.15, -0.1) is 0 Å². The molecule has 4 heteroatoms. The molecule has 0 aromatic rings. The van der Waals surface area contributed by atoms with E-state index in [1.165, 1.54) is 12.8 Å². The van der Waals surface area contributed by atoms with Gasteiger partial charge in [-0.2, -0.15) is 5.26 Å². The fourth-order valence-electron chi connectivity index (χ4n) is 3.74. The largest absolute Gasteiger partial charge is 0.303 e. The fraction of sp³-hybridized carbons (Fsp3) is 0.933. The first-order chi connectivity index (χ1) is 9.14. The summed E-state index contributed by atoms with van der Waals surface area (Å²) in [5, 5.41) is 13.2. The Hall–Kier alpha value is -0.630. The number of hydrogen-bond donors (Lipinski definition) is 1. The molecule has 2 bridgehead atoms. The van der Waals surface area contributed by atoms with Crippen molar-refractivity contribution in [2.45, 2.75) is 57.2 Å². The lowest BCUT2D eigenvalue weighted by atomic mass is 9.84. The van der Waals surface area contributed by atoms with Gasteiger partial charge in [0.1, 0.15) is 5.54 Å². The Morgan fingerprint density at radius 2 is 1.84 bits per heavy atom. The third-order valence-corrected chi connectivity index (χ3v) is 5.15. The number of fused-ring (bicyclic) bond motifs is 2. The lowest BCUT2D eigenvalue weighted by molar-refractivity contribution is 0.117. The summed E-state index contributed by atoms with van der Waals surface area (Å²) in [4.78, 5) is 4.89. The highest BCUT2D eigenvalue weighted by Gasteiger charge is 2.46. The van der Waals surface area contributed by atoms with Gasteiger partial charge in [0, 0.05) is 25.2 Å². The molecule has 4 nitrogen and oxygen atoms in total. The van der Waals surface area contributed by atoms with Crippen LogP contribution in [0.4, 0.5) is 0 Å². The van der Waals surface area contributed by atoms with Crippen molar-refractivity contribution in [3.63, 3.8) is 0 Å². The second kappa shape index (κ2) is 6.21. The zero-order valence-corrected chi connectivity index (χ0v) is 12.7. The Kier molecular flexibility index (Phi) is 4.83. The Bertz CT molecular complexity index is 318. The SMILES string of the molecule is CCN(CC)CCNC1(C#N)CC2CCC(C1)N2C. The number of hydrogen-bond acceptors (Lipinski definition) is 4. The molecule has 2 heterocycles. The first-order valence-electron chi connectivity index (χ1n) is 7.74. The highest BCUT2D eigenvalue weighted by Crippen LogP contribution is 2.39. The van der Waals surface area contributed by atoms with Crippen LogP contribution in [0.1, 0.15) is 39.5 Å². The third-order valence-electron chi connectivity index (χ3n) is 5.15. The van der Waals surface area contributed by atoms with Gasteiger partial charge in [-0.05, 0) is 45.8 Å². The van der Waals surface area contributed by atoms with Crippen LogP contribution in [0.5, 0.6) is 0 Å². The first-order valence-corrected chi connectivity index (χ1v) is 7.74. The number of piperidine rings is 1. The molecule has 0 saturated carbocycles. The van der Waals surface area contributed by atoms with Crippen molar-refractivity contribution < 1.29 is 0 Å². The Labute approximate surface area is 117 Å². The molecule has 0 aromatic carbocycles. The molecule has 2 saturated heterocycles. The summed E-state index contributed by atoms with van der Waals surface area (Å²) in [6, 6.07) is 3.81. The molecule has 0 spiro atoms. The second-order valence-electron chi connectivity index (χ2n) is 6.11. The minimum absolute atomic E-state index is 0.272. The van der Waals surface area contributed by atoms with Gasteiger partial charge in [-0.3, -0.25) is 5.32 Å². The fourth-order valence-corrected chi connectivity index (χ4v) is 3.74. The number of rotatable bonds is 6. The predicted octanol–water partition coefficient (Wildman–Crippen LogP) is 1.44. The molecule has 2 atom stereocenters. The standard InChI is InChI=1S/C15H28N4/c1-4-19(5-2)9-8-17-15(12-16)10-13-6-7-14(11-15)18(13)3/h13-14,17H,4-11H2,1-3H3. The number of nitriles is 1. The highest BCUT2D eigenvalue weighted by molar-refractivity contribution is 5.15. The summed E-state index contributed by atoms with van der Waals surface area (Å²) in [6.07, 6.45) is 4.52. The topological polar surface area (TPSA) is 42.3 Å². The molecule has 0 amide bonds. The molecule has 0 radical (unpaired) electrons. The van der Waals surface area contributed by atoms with E-state index < -0.39 is 0 Å². The lowest BCUT2D eigenvalue weighted by Gasteiger charge is -2.42. The molecule has 0 aromatic heterocycles. The van der Waals surface area contributed by atoms with Crippen molar-refractivity contribution in [3.05, 3.63) is 0 Å². The zero-order chi connectivity index (χ0) is 13.9. The van der Waals surface area contributed by atoms with Crippen molar-refractivity contribution in [1.29, 1.82) is 5.26 Å². The summed E-state index contributed by atoms with van der Waals surface area (Å²) in [7, 11) is 2.22. The van der Waals surface area contributed by atoms with E-state index in [9.17, 15) is 5.26 Å². The van der Waals surface area contributed by atoms with Crippen LogP contribution in [-0.2, 0) is 0 Å². The van der Waals surface area contributed by atoms with E-state index in [1.54, 1.807) is 0 Å². The molecule has 19 heavy (non-hydrogen) atoms. The molecule has 2 rings (SSSR count). The Morgan fingerprint density at radius 1 is 1.26 bits per heavy atom. The highest BCUT2D eigenvalue weighted by atomic mass is 15.2. The van der Waals surface area contributed by atoms with E-state index >= 15 is 0 Å². The maximum atomic E-state index is 9.63. The van der Waals surface area contributed by atoms with Crippen LogP contribution < -0.4 is 5.32 Å². The maximum Gasteiger partial charge on any atom is 0.109 e. The molecule has 2 unspecified atom stereocenters. The van der Waals surface area contributed by atoms with Crippen LogP contribution in [0.15, 0.2) is 0 Å². The minimum Gasteiger partial charge on any atom is -0.303 e. The average Bonchev–Trinajstić information content (AvgIpc) is 2.67. The molecular formula is C15H28N4. The predicted molar refractivity (Wildman–Crippen MR) is 77.9 cm³/mol. The normalized spacial score (nSPS) is 34.7. The van der Waals surface area contributed by atoms with Crippen LogP contribution in [0.2, 0.25) is 0 Å². The quantitative estimate of drug-likeness (QED) is 0.788. The van der Waals surface area contributed by atoms with Crippen LogP contribution in [0.25, 0.3) is 0 Å². The van der Waals surface area contributed by atoms with Crippen LogP contribution in [-0.4, -0.2) is 60.6 Å². The first kappa shape index (κ1) is 14.8. The summed E-state index contributed by atoms with van der Waals surface area (Å²) in [6.45, 7) is 8.54. The molecule has 2 aliphatic rings. The monoisotopic (exact) mass is 264 g/mol. The van der Waals surface area contributed by atoms with Crippen LogP contribution in [0, 0.1) is 11.3 Å². The zero-order valence-electron chi connectivity index (χ0n) is 12.7. The average molecular weight is 264 g/mol. The van der Waals surface area contributed by atoms with E-state index in [-0.39, 0.29) is 5.54 Å². The lowest BCUT2D eigenvalue weighted by Crippen LogP contribution is -2.57. The van der Waals surface area contributed by atoms with Gasteiger partial charge in [-0.1, -0.05) is 13.8 Å². The van der Waals surface area contributed by atoms with E-state index in [2.05, 4.69) is 42.1 Å². The van der Waals surface area contributed by atoms with Crippen molar-refractivity contribution in [2.75, 3.05) is 33.2 Å². The van der Waals surface area contributed by atoms with Gasteiger partial charge in [0.2, 0.25) is 0 Å². The minimum atomic E-state index is -0.272. The van der Waals surface area contributed by atoms with E-state index in [0.29, 0.717) is 12.1 Å². The van der Waals surface area contributed by atoms with Gasteiger partial charge >= 0.3 is 0 Å². The third kappa shape index (κ3) is 3.10. The molecular weight excluding hydrogens is 236 g/mol.